The third kappa shape index (κ3) is 5.04. The number of nitrogens with zero attached hydrogens (tertiary/aromatic N) is 2. The number of benzene rings is 1. The van der Waals surface area contributed by atoms with E-state index < -0.39 is 78.2 Å². The summed E-state index contributed by atoms with van der Waals surface area (Å²) >= 11 is 0. The summed E-state index contributed by atoms with van der Waals surface area (Å²) in [5, 5.41) is 14.6. The van der Waals surface area contributed by atoms with Crippen molar-refractivity contribution in [1.29, 1.82) is 5.26 Å². The number of fused-ring (bicyclic) bond motifs is 2. The van der Waals surface area contributed by atoms with Gasteiger partial charge in [0.2, 0.25) is 17.7 Å². The molecule has 3 amide bonds. The first kappa shape index (κ1) is 26.9. The number of carbonyl (C=O) groups is 3. The largest absolute Gasteiger partial charge is 0.356 e. The van der Waals surface area contributed by atoms with E-state index in [4.69, 9.17) is 0 Å². The van der Waals surface area contributed by atoms with E-state index in [1.165, 1.54) is 0 Å². The van der Waals surface area contributed by atoms with Crippen molar-refractivity contribution < 1.29 is 36.3 Å². The fourth-order valence-electron chi connectivity index (χ4n) is 6.25. The Kier molecular flexibility index (Phi) is 6.99. The molecule has 2 saturated heterocycles. The number of carbonyl (C=O) groups excluding carboxylic acids is 3. The molecule has 39 heavy (non-hydrogen) atoms. The van der Waals surface area contributed by atoms with E-state index in [1.807, 2.05) is 6.07 Å². The van der Waals surface area contributed by atoms with E-state index in [0.29, 0.717) is 19.4 Å². The average molecular weight is 552 g/mol. The van der Waals surface area contributed by atoms with E-state index in [2.05, 4.69) is 15.6 Å². The Morgan fingerprint density at radius 1 is 1.26 bits per heavy atom. The number of nitriles is 1. The van der Waals surface area contributed by atoms with Gasteiger partial charge >= 0.3 is 0 Å². The minimum absolute atomic E-state index is 0.0245. The van der Waals surface area contributed by atoms with Crippen LogP contribution in [0.1, 0.15) is 54.6 Å². The minimum Gasteiger partial charge on any atom is -0.356 e. The lowest BCUT2D eigenvalue weighted by Crippen LogP contribution is -2.52. The highest BCUT2D eigenvalue weighted by Gasteiger charge is 2.58. The van der Waals surface area contributed by atoms with Crippen LogP contribution in [0.25, 0.3) is 10.9 Å². The van der Waals surface area contributed by atoms with Crippen molar-refractivity contribution in [2.24, 2.45) is 17.8 Å². The van der Waals surface area contributed by atoms with Crippen molar-refractivity contribution in [1.82, 2.24) is 20.5 Å². The summed E-state index contributed by atoms with van der Waals surface area (Å²) in [7, 11) is 0. The van der Waals surface area contributed by atoms with Crippen LogP contribution in [-0.2, 0) is 9.59 Å². The van der Waals surface area contributed by atoms with Crippen LogP contribution in [0.2, 0.25) is 0 Å². The predicted octanol–water partition coefficient (Wildman–Crippen LogP) is 3.66. The smallest absolute Gasteiger partial charge is 0.271 e. The lowest BCUT2D eigenvalue weighted by Gasteiger charge is -2.29. The zero-order valence-electron chi connectivity index (χ0n) is 20.7. The van der Waals surface area contributed by atoms with Gasteiger partial charge in [-0.05, 0) is 49.3 Å². The van der Waals surface area contributed by atoms with Crippen LogP contribution in [0.4, 0.5) is 22.0 Å². The Hall–Kier alpha value is -3.69. The number of amides is 3. The lowest BCUT2D eigenvalue weighted by molar-refractivity contribution is -0.129. The number of hydrogen-bond donors (Lipinski definition) is 3. The first-order chi connectivity index (χ1) is 18.5. The molecule has 208 valence electrons. The van der Waals surface area contributed by atoms with Crippen LogP contribution in [0.3, 0.4) is 0 Å². The predicted molar refractivity (Wildman–Crippen MR) is 127 cm³/mol. The van der Waals surface area contributed by atoms with Gasteiger partial charge in [-0.3, -0.25) is 14.4 Å². The van der Waals surface area contributed by atoms with E-state index >= 15 is 0 Å². The fourth-order valence-corrected chi connectivity index (χ4v) is 6.25. The number of aromatic amines is 1. The minimum atomic E-state index is -3.03. The van der Waals surface area contributed by atoms with Crippen LogP contribution in [0.5, 0.6) is 0 Å². The SMILES string of the molecule is N#C[C@H](C[C@H]1CCCNC1=O)NC(=O)[C@H]1[C@@H]2CC(F)(F)C[C@@H]2CN1C(=O)c1cc2c(F)ccc(C(F)F)c2[nH]1. The number of alkyl halides is 4. The number of likely N-dealkylation sites (tertiary alicyclic amines) is 1. The molecule has 0 bridgehead atoms. The molecule has 5 rings (SSSR count). The molecule has 3 fully saturated rings. The summed E-state index contributed by atoms with van der Waals surface area (Å²) in [5.74, 6) is -7.86. The standard InChI is InChI=1S/C26H26F5N5O3/c27-18-4-3-15(22(28)29)20-16(18)7-19(35-20)25(39)36-11-13-8-26(30,31)9-17(13)21(36)24(38)34-14(10-32)6-12-2-1-5-33-23(12)37/h3-4,7,12-14,17,21-22,35H,1-2,5-6,8-9,11H2,(H,33,37)(H,34,38)/t12-,13-,14+,17-,21-/m1/s1. The number of piperidine rings is 1. The number of H-pyrrole nitrogens is 1. The summed E-state index contributed by atoms with van der Waals surface area (Å²) < 4.78 is 69.9. The molecule has 0 radical (unpaired) electrons. The Balaban J connectivity index is 1.42. The van der Waals surface area contributed by atoms with Crippen molar-refractivity contribution in [2.75, 3.05) is 13.1 Å². The summed E-state index contributed by atoms with van der Waals surface area (Å²) in [6.45, 7) is 0.324. The number of aromatic nitrogens is 1. The van der Waals surface area contributed by atoms with Crippen LogP contribution in [-0.4, -0.2) is 58.7 Å². The molecule has 13 heteroatoms. The van der Waals surface area contributed by atoms with Gasteiger partial charge in [0, 0.05) is 42.8 Å². The van der Waals surface area contributed by atoms with E-state index in [0.717, 1.165) is 23.1 Å². The molecule has 1 aliphatic carbocycles. The van der Waals surface area contributed by atoms with Crippen molar-refractivity contribution in [3.8, 4) is 6.07 Å². The van der Waals surface area contributed by atoms with Gasteiger partial charge in [-0.15, -0.1) is 0 Å². The summed E-state index contributed by atoms with van der Waals surface area (Å²) in [5.41, 5.74) is -1.05. The molecule has 2 aliphatic heterocycles. The highest BCUT2D eigenvalue weighted by atomic mass is 19.3. The summed E-state index contributed by atoms with van der Waals surface area (Å²) in [4.78, 5) is 42.7. The molecule has 5 atom stereocenters. The molecule has 1 aromatic carbocycles. The molecule has 0 unspecified atom stereocenters. The van der Waals surface area contributed by atoms with Gasteiger partial charge in [0.25, 0.3) is 12.3 Å². The first-order valence-electron chi connectivity index (χ1n) is 12.7. The molecule has 1 saturated carbocycles. The molecule has 3 N–H and O–H groups in total. The van der Waals surface area contributed by atoms with E-state index in [-0.39, 0.29) is 35.5 Å². The molecule has 3 aliphatic rings. The molecule has 2 aromatic rings. The van der Waals surface area contributed by atoms with Crippen LogP contribution >= 0.6 is 0 Å². The third-order valence-electron chi connectivity index (χ3n) is 8.03. The quantitative estimate of drug-likeness (QED) is 0.475. The van der Waals surface area contributed by atoms with Crippen molar-refractivity contribution in [3.63, 3.8) is 0 Å². The fraction of sp³-hybridized carbons (Fsp3) is 0.538. The van der Waals surface area contributed by atoms with Crippen molar-refractivity contribution in [3.05, 3.63) is 35.3 Å². The van der Waals surface area contributed by atoms with Crippen LogP contribution < -0.4 is 10.6 Å². The normalized spacial score (nSPS) is 26.8. The first-order valence-corrected chi connectivity index (χ1v) is 12.7. The molecule has 8 nitrogen and oxygen atoms in total. The van der Waals surface area contributed by atoms with Crippen LogP contribution in [0.15, 0.2) is 18.2 Å². The van der Waals surface area contributed by atoms with Gasteiger partial charge in [-0.1, -0.05) is 0 Å². The zero-order valence-corrected chi connectivity index (χ0v) is 20.7. The van der Waals surface area contributed by atoms with Gasteiger partial charge in [-0.25, -0.2) is 22.0 Å². The Labute approximate surface area is 219 Å². The number of rotatable bonds is 6. The maximum atomic E-state index is 14.4. The second-order valence-electron chi connectivity index (χ2n) is 10.6. The van der Waals surface area contributed by atoms with Crippen LogP contribution in [0, 0.1) is 34.9 Å². The van der Waals surface area contributed by atoms with Crippen molar-refractivity contribution in [2.45, 2.75) is 56.5 Å². The Morgan fingerprint density at radius 3 is 2.72 bits per heavy atom. The highest BCUT2D eigenvalue weighted by molar-refractivity contribution is 6.01. The van der Waals surface area contributed by atoms with E-state index in [1.54, 1.807) is 0 Å². The topological polar surface area (TPSA) is 118 Å². The van der Waals surface area contributed by atoms with Gasteiger partial charge in [-0.2, -0.15) is 5.26 Å². The molecular formula is C26H26F5N5O3. The van der Waals surface area contributed by atoms with Gasteiger partial charge < -0.3 is 20.5 Å². The maximum absolute atomic E-state index is 14.4. The molecule has 3 heterocycles. The lowest BCUT2D eigenvalue weighted by atomic mass is 9.90. The second kappa shape index (κ2) is 10.1. The zero-order chi connectivity index (χ0) is 28.1. The Bertz CT molecular complexity index is 1360. The monoisotopic (exact) mass is 551 g/mol. The van der Waals surface area contributed by atoms with Gasteiger partial charge in [0.1, 0.15) is 23.6 Å². The molecule has 0 spiro atoms. The number of nitrogens with one attached hydrogen (secondary N) is 3. The molecule has 1 aromatic heterocycles. The van der Waals surface area contributed by atoms with Gasteiger partial charge in [0.05, 0.1) is 11.6 Å². The highest BCUT2D eigenvalue weighted by Crippen LogP contribution is 2.50. The molecular weight excluding hydrogens is 525 g/mol. The third-order valence-corrected chi connectivity index (χ3v) is 8.03. The number of halogens is 5. The Morgan fingerprint density at radius 2 is 2.03 bits per heavy atom. The maximum Gasteiger partial charge on any atom is 0.271 e. The average Bonchev–Trinajstić information content (AvgIpc) is 3.54. The number of hydrogen-bond acceptors (Lipinski definition) is 4. The summed E-state index contributed by atoms with van der Waals surface area (Å²) in [6, 6.07) is 2.30. The van der Waals surface area contributed by atoms with Gasteiger partial charge in [0.15, 0.2) is 0 Å². The summed E-state index contributed by atoms with van der Waals surface area (Å²) in [6.07, 6.45) is -2.86. The van der Waals surface area contributed by atoms with E-state index in [9.17, 15) is 41.6 Å². The second-order valence-corrected chi connectivity index (χ2v) is 10.6. The van der Waals surface area contributed by atoms with Crippen molar-refractivity contribution >= 4 is 28.6 Å².